The van der Waals surface area contributed by atoms with Crippen molar-refractivity contribution in [3.05, 3.63) is 75.9 Å². The lowest BCUT2D eigenvalue weighted by atomic mass is 9.89. The van der Waals surface area contributed by atoms with Crippen LogP contribution in [0.25, 0.3) is 11.2 Å². The van der Waals surface area contributed by atoms with Gasteiger partial charge in [-0.25, -0.2) is 15.0 Å². The third-order valence-corrected chi connectivity index (χ3v) is 6.61. The molecular formula is C25H23F4N7O2. The van der Waals surface area contributed by atoms with Crippen LogP contribution in [0, 0.1) is 12.9 Å². The van der Waals surface area contributed by atoms with E-state index in [-0.39, 0.29) is 17.3 Å². The molecule has 0 spiro atoms. The molecule has 5 heterocycles. The van der Waals surface area contributed by atoms with Crippen molar-refractivity contribution in [1.82, 2.24) is 29.5 Å². The molecule has 4 aromatic heterocycles. The number of alkyl halides is 3. The maximum absolute atomic E-state index is 14.5. The first-order valence-electron chi connectivity index (χ1n) is 11.8. The topological polar surface area (TPSA) is 98.9 Å². The summed E-state index contributed by atoms with van der Waals surface area (Å²) in [4.78, 5) is 35.4. The fourth-order valence-electron chi connectivity index (χ4n) is 4.82. The van der Waals surface area contributed by atoms with E-state index in [9.17, 15) is 22.4 Å². The van der Waals surface area contributed by atoms with Gasteiger partial charge in [-0.1, -0.05) is 0 Å². The van der Waals surface area contributed by atoms with E-state index in [2.05, 4.69) is 24.9 Å². The Morgan fingerprint density at radius 1 is 1.08 bits per heavy atom. The number of pyridine rings is 2. The third kappa shape index (κ3) is 4.75. The Labute approximate surface area is 214 Å². The van der Waals surface area contributed by atoms with Gasteiger partial charge in [0.15, 0.2) is 11.3 Å². The van der Waals surface area contributed by atoms with Gasteiger partial charge in [0.25, 0.3) is 5.56 Å². The molecule has 0 N–H and O–H groups in total. The van der Waals surface area contributed by atoms with Gasteiger partial charge >= 0.3 is 6.18 Å². The van der Waals surface area contributed by atoms with Crippen LogP contribution in [0.15, 0.2) is 41.7 Å². The molecule has 1 aliphatic rings. The van der Waals surface area contributed by atoms with Crippen LogP contribution >= 0.6 is 0 Å². The molecule has 0 radical (unpaired) electrons. The average molecular weight is 529 g/mol. The number of aromatic nitrogens is 6. The van der Waals surface area contributed by atoms with E-state index in [0.717, 1.165) is 12.4 Å². The maximum Gasteiger partial charge on any atom is 0.435 e. The van der Waals surface area contributed by atoms with Crippen LogP contribution in [-0.2, 0) is 12.7 Å². The Hall–Kier alpha value is -4.16. The van der Waals surface area contributed by atoms with Crippen molar-refractivity contribution in [2.75, 3.05) is 25.1 Å². The van der Waals surface area contributed by atoms with Gasteiger partial charge in [0.2, 0.25) is 5.95 Å². The minimum Gasteiger partial charge on any atom is -0.494 e. The number of hydrogen-bond acceptors (Lipinski definition) is 8. The van der Waals surface area contributed by atoms with Crippen LogP contribution in [0.1, 0.15) is 41.4 Å². The molecular weight excluding hydrogens is 506 g/mol. The highest BCUT2D eigenvalue weighted by Crippen LogP contribution is 2.36. The molecule has 9 nitrogen and oxygen atoms in total. The zero-order valence-electron chi connectivity index (χ0n) is 20.5. The maximum atomic E-state index is 14.5. The highest BCUT2D eigenvalue weighted by molar-refractivity contribution is 5.71. The van der Waals surface area contributed by atoms with Crippen molar-refractivity contribution in [2.24, 2.45) is 0 Å². The van der Waals surface area contributed by atoms with Gasteiger partial charge < -0.3 is 9.64 Å². The van der Waals surface area contributed by atoms with Gasteiger partial charge in [-0.3, -0.25) is 19.3 Å². The van der Waals surface area contributed by atoms with Crippen molar-refractivity contribution in [1.29, 1.82) is 0 Å². The Bertz CT molecular complexity index is 1550. The largest absolute Gasteiger partial charge is 0.494 e. The van der Waals surface area contributed by atoms with Crippen molar-refractivity contribution in [3.8, 4) is 5.75 Å². The van der Waals surface area contributed by atoms with E-state index in [4.69, 9.17) is 4.74 Å². The van der Waals surface area contributed by atoms with Crippen molar-refractivity contribution in [2.45, 2.75) is 38.4 Å². The van der Waals surface area contributed by atoms with Crippen LogP contribution in [-0.4, -0.2) is 49.7 Å². The lowest BCUT2D eigenvalue weighted by Gasteiger charge is -2.34. The monoisotopic (exact) mass is 529 g/mol. The van der Waals surface area contributed by atoms with Gasteiger partial charge in [-0.15, -0.1) is 0 Å². The standard InChI is InChI=1S/C25H23F4N7O2/c1-14-12-33-17-11-16(15-4-9-35(10-5-15)20-19(38-2)3-6-32-22(20)26)24(37)36(23(17)34-14)13-18-21(25(27,28)29)31-8-7-30-18/h3,6-8,11-12,15H,4-5,9-10,13H2,1-2H3. The Balaban J connectivity index is 1.52. The van der Waals surface area contributed by atoms with Crippen LogP contribution in [0.3, 0.4) is 0 Å². The van der Waals surface area contributed by atoms with Gasteiger partial charge in [0.1, 0.15) is 17.0 Å². The van der Waals surface area contributed by atoms with E-state index >= 15 is 0 Å². The molecule has 1 saturated heterocycles. The number of fused-ring (bicyclic) bond motifs is 1. The van der Waals surface area contributed by atoms with E-state index in [1.807, 2.05) is 4.90 Å². The van der Waals surface area contributed by atoms with E-state index in [1.54, 1.807) is 19.1 Å². The number of rotatable bonds is 5. The van der Waals surface area contributed by atoms with E-state index in [0.29, 0.717) is 48.5 Å². The molecule has 0 saturated carbocycles. The number of methoxy groups -OCH3 is 1. The van der Waals surface area contributed by atoms with Crippen LogP contribution in [0.5, 0.6) is 5.75 Å². The van der Waals surface area contributed by atoms with Crippen LogP contribution in [0.4, 0.5) is 23.2 Å². The van der Waals surface area contributed by atoms with Crippen LogP contribution < -0.4 is 15.2 Å². The first-order valence-corrected chi connectivity index (χ1v) is 11.8. The van der Waals surface area contributed by atoms with Crippen LogP contribution in [0.2, 0.25) is 0 Å². The molecule has 198 valence electrons. The number of halogens is 4. The lowest BCUT2D eigenvalue weighted by molar-refractivity contribution is -0.142. The molecule has 0 aromatic carbocycles. The minimum absolute atomic E-state index is 0.164. The Morgan fingerprint density at radius 3 is 2.53 bits per heavy atom. The van der Waals surface area contributed by atoms with E-state index < -0.39 is 35.6 Å². The zero-order valence-corrected chi connectivity index (χ0v) is 20.5. The second kappa shape index (κ2) is 9.95. The summed E-state index contributed by atoms with van der Waals surface area (Å²) >= 11 is 0. The fraction of sp³-hybridized carbons (Fsp3) is 0.360. The number of ether oxygens (including phenoxy) is 1. The number of hydrogen-bond donors (Lipinski definition) is 0. The predicted octanol–water partition coefficient (Wildman–Crippen LogP) is 3.88. The van der Waals surface area contributed by atoms with Gasteiger partial charge in [0.05, 0.1) is 25.0 Å². The van der Waals surface area contributed by atoms with Gasteiger partial charge in [0, 0.05) is 49.5 Å². The summed E-state index contributed by atoms with van der Waals surface area (Å²) in [7, 11) is 1.45. The summed E-state index contributed by atoms with van der Waals surface area (Å²) < 4.78 is 61.8. The second-order valence-corrected chi connectivity index (χ2v) is 8.97. The van der Waals surface area contributed by atoms with E-state index in [1.165, 1.54) is 24.1 Å². The molecule has 1 fully saturated rings. The first-order chi connectivity index (χ1) is 18.2. The summed E-state index contributed by atoms with van der Waals surface area (Å²) in [5.74, 6) is -0.516. The summed E-state index contributed by atoms with van der Waals surface area (Å²) in [5, 5.41) is 0. The molecule has 13 heteroatoms. The first kappa shape index (κ1) is 25.5. The number of aryl methyl sites for hydroxylation is 1. The number of anilines is 1. The second-order valence-electron chi connectivity index (χ2n) is 8.97. The SMILES string of the molecule is COc1ccnc(F)c1N1CCC(c2cc3ncc(C)nc3n(Cc3nccnc3C(F)(F)F)c2=O)CC1. The minimum atomic E-state index is -4.74. The molecule has 0 unspecified atom stereocenters. The molecule has 0 bridgehead atoms. The molecule has 4 aromatic rings. The zero-order chi connectivity index (χ0) is 27.0. The molecule has 38 heavy (non-hydrogen) atoms. The normalized spacial score (nSPS) is 14.7. The highest BCUT2D eigenvalue weighted by atomic mass is 19.4. The molecule has 5 rings (SSSR count). The molecule has 0 amide bonds. The third-order valence-electron chi connectivity index (χ3n) is 6.61. The van der Waals surface area contributed by atoms with Crippen molar-refractivity contribution in [3.63, 3.8) is 0 Å². The van der Waals surface area contributed by atoms with Gasteiger partial charge in [-0.05, 0) is 31.7 Å². The summed E-state index contributed by atoms with van der Waals surface area (Å²) in [6, 6.07) is 3.22. The quantitative estimate of drug-likeness (QED) is 0.284. The molecule has 0 aliphatic carbocycles. The smallest absolute Gasteiger partial charge is 0.435 e. The van der Waals surface area contributed by atoms with Crippen molar-refractivity contribution < 1.29 is 22.3 Å². The Kier molecular flexibility index (Phi) is 6.67. The fourth-order valence-corrected chi connectivity index (χ4v) is 4.82. The average Bonchev–Trinajstić information content (AvgIpc) is 2.90. The highest BCUT2D eigenvalue weighted by Gasteiger charge is 2.36. The number of nitrogens with zero attached hydrogens (tertiary/aromatic N) is 7. The summed E-state index contributed by atoms with van der Waals surface area (Å²) in [6.07, 6.45) is 1.22. The summed E-state index contributed by atoms with van der Waals surface area (Å²) in [6.45, 7) is 2.05. The lowest BCUT2D eigenvalue weighted by Crippen LogP contribution is -2.36. The van der Waals surface area contributed by atoms with Gasteiger partial charge in [-0.2, -0.15) is 17.6 Å². The predicted molar refractivity (Wildman–Crippen MR) is 130 cm³/mol. The molecule has 0 atom stereocenters. The molecule has 1 aliphatic heterocycles. The number of piperidine rings is 1. The summed E-state index contributed by atoms with van der Waals surface area (Å²) in [5.41, 5.74) is -0.305. The van der Waals surface area contributed by atoms with Crippen molar-refractivity contribution >= 4 is 16.9 Å². The Morgan fingerprint density at radius 2 is 1.82 bits per heavy atom.